The minimum Gasteiger partial charge on any atom is -0.306 e. The van der Waals surface area contributed by atoms with Crippen LogP contribution in [0.2, 0.25) is 0 Å². The van der Waals surface area contributed by atoms with Gasteiger partial charge in [0.15, 0.2) is 5.16 Å². The summed E-state index contributed by atoms with van der Waals surface area (Å²) in [4.78, 5) is 16.1. The summed E-state index contributed by atoms with van der Waals surface area (Å²) in [5, 5.41) is 11.3. The quantitative estimate of drug-likeness (QED) is 0.452. The van der Waals surface area contributed by atoms with Crippen molar-refractivity contribution < 1.29 is 4.79 Å². The molecule has 2 N–H and O–H groups in total. The molecule has 2 heterocycles. The number of fused-ring (bicyclic) bond motifs is 1. The SMILES string of the molecule is C=CCN(S)C(=O)Nc1cc(=N)n2c(n1)SCCC2. The third-order valence-electron chi connectivity index (χ3n) is 2.54. The van der Waals surface area contributed by atoms with Crippen molar-refractivity contribution in [3.63, 3.8) is 0 Å². The highest BCUT2D eigenvalue weighted by atomic mass is 32.2. The van der Waals surface area contributed by atoms with Crippen LogP contribution in [-0.2, 0) is 6.54 Å². The summed E-state index contributed by atoms with van der Waals surface area (Å²) in [7, 11) is 0. The van der Waals surface area contributed by atoms with E-state index in [1.807, 2.05) is 4.57 Å². The van der Waals surface area contributed by atoms with Gasteiger partial charge in [0, 0.05) is 18.4 Å². The van der Waals surface area contributed by atoms with E-state index >= 15 is 0 Å². The number of rotatable bonds is 3. The van der Waals surface area contributed by atoms with Crippen LogP contribution in [-0.4, -0.2) is 32.2 Å². The van der Waals surface area contributed by atoms with Gasteiger partial charge in [-0.25, -0.2) is 9.78 Å². The van der Waals surface area contributed by atoms with Crippen molar-refractivity contribution in [2.75, 3.05) is 17.6 Å². The molecule has 1 aliphatic heterocycles. The Morgan fingerprint density at radius 1 is 1.79 bits per heavy atom. The Labute approximate surface area is 121 Å². The Morgan fingerprint density at radius 2 is 2.58 bits per heavy atom. The van der Waals surface area contributed by atoms with Gasteiger partial charge in [-0.2, -0.15) is 0 Å². The molecule has 0 aromatic carbocycles. The fraction of sp³-hybridized carbons (Fsp3) is 0.364. The number of thiol groups is 1. The van der Waals surface area contributed by atoms with Gasteiger partial charge in [-0.05, 0) is 6.42 Å². The molecular formula is C11H15N5OS2. The molecular weight excluding hydrogens is 282 g/mol. The number of nitrogens with zero attached hydrogens (tertiary/aromatic N) is 3. The van der Waals surface area contributed by atoms with E-state index in [0.29, 0.717) is 17.9 Å². The van der Waals surface area contributed by atoms with E-state index in [-0.39, 0.29) is 6.03 Å². The van der Waals surface area contributed by atoms with Crippen LogP contribution in [0.5, 0.6) is 0 Å². The zero-order chi connectivity index (χ0) is 13.8. The fourth-order valence-corrected chi connectivity index (χ4v) is 2.79. The molecule has 0 saturated carbocycles. The molecule has 102 valence electrons. The number of nitrogens with one attached hydrogen (secondary N) is 2. The average Bonchev–Trinajstić information content (AvgIpc) is 2.39. The van der Waals surface area contributed by atoms with Gasteiger partial charge in [0.05, 0.1) is 6.54 Å². The molecule has 0 atom stereocenters. The van der Waals surface area contributed by atoms with E-state index in [2.05, 4.69) is 29.7 Å². The molecule has 0 radical (unpaired) electrons. The molecule has 0 saturated heterocycles. The second kappa shape index (κ2) is 6.16. The highest BCUT2D eigenvalue weighted by molar-refractivity contribution is 7.99. The van der Waals surface area contributed by atoms with Gasteiger partial charge in [0.25, 0.3) is 0 Å². The Balaban J connectivity index is 2.17. The van der Waals surface area contributed by atoms with E-state index in [4.69, 9.17) is 5.41 Å². The van der Waals surface area contributed by atoms with Crippen molar-refractivity contribution in [2.45, 2.75) is 18.1 Å². The lowest BCUT2D eigenvalue weighted by atomic mass is 10.4. The number of aromatic nitrogens is 2. The van der Waals surface area contributed by atoms with E-state index in [1.165, 1.54) is 4.31 Å². The Hall–Kier alpha value is -1.41. The highest BCUT2D eigenvalue weighted by Gasteiger charge is 2.14. The lowest BCUT2D eigenvalue weighted by molar-refractivity contribution is 0.241. The number of carbonyl (C=O) groups is 1. The first-order chi connectivity index (χ1) is 9.11. The highest BCUT2D eigenvalue weighted by Crippen LogP contribution is 2.21. The van der Waals surface area contributed by atoms with Crippen LogP contribution < -0.4 is 10.8 Å². The molecule has 1 aliphatic rings. The molecule has 19 heavy (non-hydrogen) atoms. The van der Waals surface area contributed by atoms with Crippen LogP contribution in [0.3, 0.4) is 0 Å². The van der Waals surface area contributed by atoms with Gasteiger partial charge in [0.2, 0.25) is 0 Å². The number of hydrogen-bond acceptors (Lipinski definition) is 5. The molecule has 1 aromatic rings. The van der Waals surface area contributed by atoms with Crippen molar-refractivity contribution in [3.8, 4) is 0 Å². The summed E-state index contributed by atoms with van der Waals surface area (Å²) < 4.78 is 3.03. The number of anilines is 1. The molecule has 0 bridgehead atoms. The molecule has 6 nitrogen and oxygen atoms in total. The zero-order valence-electron chi connectivity index (χ0n) is 10.3. The van der Waals surface area contributed by atoms with E-state index < -0.39 is 0 Å². The second-order valence-electron chi connectivity index (χ2n) is 3.96. The van der Waals surface area contributed by atoms with Gasteiger partial charge < -0.3 is 4.57 Å². The minimum absolute atomic E-state index is 0.330. The van der Waals surface area contributed by atoms with Crippen LogP contribution in [0.25, 0.3) is 0 Å². The topological polar surface area (TPSA) is 74.0 Å². The maximum absolute atomic E-state index is 11.8. The van der Waals surface area contributed by atoms with Crippen molar-refractivity contribution in [1.29, 1.82) is 5.41 Å². The standard InChI is InChI=1S/C11H15N5OS2/c1-2-4-16(18)10(17)13-9-7-8(12)15-5-3-6-19-11(15)14-9/h2,7,12,18H,1,3-6H2,(H,13,17). The Morgan fingerprint density at radius 3 is 3.32 bits per heavy atom. The first-order valence-electron chi connectivity index (χ1n) is 5.79. The van der Waals surface area contributed by atoms with Crippen LogP contribution in [0.1, 0.15) is 6.42 Å². The Kier molecular flexibility index (Phi) is 4.54. The Bertz CT molecular complexity index is 557. The summed E-state index contributed by atoms with van der Waals surface area (Å²) in [6.45, 7) is 4.67. The minimum atomic E-state index is -0.388. The number of hydrogen-bond donors (Lipinski definition) is 3. The summed E-state index contributed by atoms with van der Waals surface area (Å²) in [6.07, 6.45) is 2.61. The molecule has 0 spiro atoms. The smallest absolute Gasteiger partial charge is 0.306 e. The normalized spacial score (nSPS) is 13.5. The predicted octanol–water partition coefficient (Wildman–Crippen LogP) is 1.72. The lowest BCUT2D eigenvalue weighted by Crippen LogP contribution is -2.30. The van der Waals surface area contributed by atoms with Gasteiger partial charge in [-0.1, -0.05) is 30.7 Å². The molecule has 1 aromatic heterocycles. The summed E-state index contributed by atoms with van der Waals surface area (Å²) in [5.41, 5.74) is 0.349. The van der Waals surface area contributed by atoms with Crippen LogP contribution in [0, 0.1) is 5.41 Å². The van der Waals surface area contributed by atoms with Gasteiger partial charge in [0.1, 0.15) is 11.3 Å². The summed E-state index contributed by atoms with van der Waals surface area (Å²) >= 11 is 5.62. The van der Waals surface area contributed by atoms with Crippen molar-refractivity contribution in [1.82, 2.24) is 13.9 Å². The van der Waals surface area contributed by atoms with Crippen LogP contribution >= 0.6 is 24.6 Å². The van der Waals surface area contributed by atoms with Crippen LogP contribution in [0.15, 0.2) is 23.9 Å². The van der Waals surface area contributed by atoms with E-state index in [9.17, 15) is 4.79 Å². The maximum atomic E-state index is 11.8. The molecule has 2 rings (SSSR count). The predicted molar refractivity (Wildman–Crippen MR) is 78.3 cm³/mol. The second-order valence-corrected chi connectivity index (χ2v) is 5.51. The molecule has 2 amide bonds. The average molecular weight is 297 g/mol. The maximum Gasteiger partial charge on any atom is 0.333 e. The van der Waals surface area contributed by atoms with Crippen molar-refractivity contribution in [3.05, 3.63) is 24.2 Å². The number of amides is 2. The molecule has 8 heteroatoms. The molecule has 0 aliphatic carbocycles. The third-order valence-corrected chi connectivity index (χ3v) is 3.95. The van der Waals surface area contributed by atoms with Gasteiger partial charge in [-0.3, -0.25) is 15.0 Å². The number of urea groups is 1. The van der Waals surface area contributed by atoms with Crippen molar-refractivity contribution in [2.24, 2.45) is 0 Å². The first kappa shape index (κ1) is 14.0. The van der Waals surface area contributed by atoms with E-state index in [1.54, 1.807) is 23.9 Å². The lowest BCUT2D eigenvalue weighted by Gasteiger charge is -2.19. The molecule has 0 unspecified atom stereocenters. The molecule has 0 fully saturated rings. The summed E-state index contributed by atoms with van der Waals surface area (Å²) in [6, 6.07) is 1.16. The summed E-state index contributed by atoms with van der Waals surface area (Å²) in [5.74, 6) is 1.36. The van der Waals surface area contributed by atoms with Gasteiger partial charge in [-0.15, -0.1) is 6.58 Å². The van der Waals surface area contributed by atoms with Crippen LogP contribution in [0.4, 0.5) is 10.6 Å². The third kappa shape index (κ3) is 3.32. The zero-order valence-corrected chi connectivity index (χ0v) is 12.0. The fourth-order valence-electron chi connectivity index (χ4n) is 1.66. The largest absolute Gasteiger partial charge is 0.333 e. The van der Waals surface area contributed by atoms with Crippen molar-refractivity contribution >= 4 is 36.4 Å². The number of thioether (sulfide) groups is 1. The number of carbonyl (C=O) groups excluding carboxylic acids is 1. The van der Waals surface area contributed by atoms with E-state index in [0.717, 1.165) is 23.9 Å². The monoisotopic (exact) mass is 297 g/mol. The first-order valence-corrected chi connectivity index (χ1v) is 7.18. The van der Waals surface area contributed by atoms with Gasteiger partial charge >= 0.3 is 6.03 Å².